The van der Waals surface area contributed by atoms with E-state index in [0.29, 0.717) is 12.4 Å². The third-order valence-corrected chi connectivity index (χ3v) is 1.83. The first-order valence-corrected chi connectivity index (χ1v) is 5.08. The van der Waals surface area contributed by atoms with Crippen molar-refractivity contribution in [1.82, 2.24) is 0 Å². The first-order valence-electron chi connectivity index (χ1n) is 5.08. The monoisotopic (exact) mass is 224 g/mol. The van der Waals surface area contributed by atoms with Crippen molar-refractivity contribution in [1.29, 1.82) is 0 Å². The molecule has 88 valence electrons. The molecule has 4 nitrogen and oxygen atoms in total. The molecule has 0 aromatic heterocycles. The number of carbonyl (C=O) groups excluding carboxylic acids is 1. The van der Waals surface area contributed by atoms with E-state index >= 15 is 0 Å². The first-order chi connectivity index (χ1) is 7.72. The van der Waals surface area contributed by atoms with Crippen molar-refractivity contribution in [2.24, 2.45) is 0 Å². The molecule has 0 heterocycles. The highest BCUT2D eigenvalue weighted by molar-refractivity contribution is 5.71. The van der Waals surface area contributed by atoms with Gasteiger partial charge in [-0.3, -0.25) is 0 Å². The van der Waals surface area contributed by atoms with Crippen molar-refractivity contribution in [3.05, 3.63) is 30.3 Å². The van der Waals surface area contributed by atoms with Crippen LogP contribution in [0.5, 0.6) is 5.75 Å². The van der Waals surface area contributed by atoms with E-state index in [0.717, 1.165) is 0 Å². The van der Waals surface area contributed by atoms with Gasteiger partial charge in [0.05, 0.1) is 6.61 Å². The largest absolute Gasteiger partial charge is 0.482 e. The smallest absolute Gasteiger partial charge is 0.344 e. The molecule has 0 aliphatic rings. The number of esters is 1. The van der Waals surface area contributed by atoms with E-state index in [9.17, 15) is 4.79 Å². The summed E-state index contributed by atoms with van der Waals surface area (Å²) in [6, 6.07) is 9.13. The van der Waals surface area contributed by atoms with Crippen LogP contribution in [0.15, 0.2) is 30.3 Å². The second-order valence-corrected chi connectivity index (χ2v) is 3.36. The number of hydrogen-bond acceptors (Lipinski definition) is 4. The lowest BCUT2D eigenvalue weighted by atomic mass is 10.3. The van der Waals surface area contributed by atoms with E-state index in [4.69, 9.17) is 14.2 Å². The van der Waals surface area contributed by atoms with Gasteiger partial charge >= 0.3 is 5.97 Å². The van der Waals surface area contributed by atoms with Crippen LogP contribution in [0.25, 0.3) is 0 Å². The molecule has 1 aromatic rings. The second kappa shape index (κ2) is 6.85. The molecule has 0 aliphatic carbocycles. The van der Waals surface area contributed by atoms with Gasteiger partial charge < -0.3 is 14.2 Å². The summed E-state index contributed by atoms with van der Waals surface area (Å²) in [5, 5.41) is 0. The van der Waals surface area contributed by atoms with Crippen LogP contribution >= 0.6 is 0 Å². The number of benzene rings is 1. The minimum absolute atomic E-state index is 0.0853. The Bertz CT molecular complexity index is 310. The fourth-order valence-electron chi connectivity index (χ4n) is 1.19. The molecule has 4 heteroatoms. The van der Waals surface area contributed by atoms with Gasteiger partial charge in [-0.15, -0.1) is 0 Å². The molecule has 0 fully saturated rings. The Hall–Kier alpha value is -1.55. The summed E-state index contributed by atoms with van der Waals surface area (Å²) in [6.45, 7) is 2.07. The first kappa shape index (κ1) is 12.5. The highest BCUT2D eigenvalue weighted by Gasteiger charge is 2.09. The minimum Gasteiger partial charge on any atom is -0.482 e. The minimum atomic E-state index is -0.395. The summed E-state index contributed by atoms with van der Waals surface area (Å²) in [7, 11) is 1.56. The number of ether oxygens (including phenoxy) is 3. The predicted octanol–water partition coefficient (Wildman–Crippen LogP) is 1.64. The van der Waals surface area contributed by atoms with E-state index in [2.05, 4.69) is 0 Å². The lowest BCUT2D eigenvalue weighted by Crippen LogP contribution is -2.23. The molecule has 1 aromatic carbocycles. The maximum Gasteiger partial charge on any atom is 0.344 e. The fraction of sp³-hybridized carbons (Fsp3) is 0.417. The summed E-state index contributed by atoms with van der Waals surface area (Å²) in [5.41, 5.74) is 0. The maximum absolute atomic E-state index is 11.3. The Kier molecular flexibility index (Phi) is 5.36. The number of methoxy groups -OCH3 is 1. The van der Waals surface area contributed by atoms with Crippen molar-refractivity contribution in [2.75, 3.05) is 20.3 Å². The molecular weight excluding hydrogens is 208 g/mol. The molecular formula is C12H16O4. The summed E-state index contributed by atoms with van der Waals surface area (Å²) in [6.07, 6.45) is -0.253. The van der Waals surface area contributed by atoms with Gasteiger partial charge in [-0.25, -0.2) is 4.79 Å². The summed E-state index contributed by atoms with van der Waals surface area (Å²) < 4.78 is 15.1. The topological polar surface area (TPSA) is 44.8 Å². The zero-order valence-electron chi connectivity index (χ0n) is 9.51. The zero-order valence-corrected chi connectivity index (χ0v) is 9.51. The zero-order chi connectivity index (χ0) is 11.8. The highest BCUT2D eigenvalue weighted by atomic mass is 16.6. The van der Waals surface area contributed by atoms with E-state index in [1.807, 2.05) is 18.2 Å². The maximum atomic E-state index is 11.3. The molecule has 0 aliphatic heterocycles. The van der Waals surface area contributed by atoms with Gasteiger partial charge in [0.25, 0.3) is 0 Å². The van der Waals surface area contributed by atoms with Gasteiger partial charge in [-0.2, -0.15) is 0 Å². The lowest BCUT2D eigenvalue weighted by Gasteiger charge is -2.12. The molecule has 0 radical (unpaired) electrons. The molecule has 0 saturated heterocycles. The molecule has 0 N–H and O–H groups in total. The molecule has 0 unspecified atom stereocenters. The van der Waals surface area contributed by atoms with Crippen LogP contribution in [0.4, 0.5) is 0 Å². The third-order valence-electron chi connectivity index (χ3n) is 1.83. The van der Waals surface area contributed by atoms with Crippen LogP contribution in [0.1, 0.15) is 6.92 Å². The summed E-state index contributed by atoms with van der Waals surface area (Å²) >= 11 is 0. The van der Waals surface area contributed by atoms with E-state index < -0.39 is 5.97 Å². The quantitative estimate of drug-likeness (QED) is 0.689. The third kappa shape index (κ3) is 4.79. The Balaban J connectivity index is 2.25. The van der Waals surface area contributed by atoms with Crippen LogP contribution in [0.3, 0.4) is 0 Å². The average molecular weight is 224 g/mol. The standard InChI is InChI=1S/C12H16O4/c1-10(8-14-2)16-12(13)9-15-11-6-4-3-5-7-11/h3-7,10H,8-9H2,1-2H3/t10-/m0/s1. The Morgan fingerprint density at radius 1 is 1.31 bits per heavy atom. The molecule has 0 bridgehead atoms. The predicted molar refractivity (Wildman–Crippen MR) is 59.4 cm³/mol. The molecule has 0 amide bonds. The van der Waals surface area contributed by atoms with Crippen molar-refractivity contribution < 1.29 is 19.0 Å². The number of carbonyl (C=O) groups is 1. The van der Waals surface area contributed by atoms with E-state index in [-0.39, 0.29) is 12.7 Å². The van der Waals surface area contributed by atoms with Crippen molar-refractivity contribution >= 4 is 5.97 Å². The Morgan fingerprint density at radius 2 is 2.00 bits per heavy atom. The van der Waals surface area contributed by atoms with Crippen LogP contribution in [0, 0.1) is 0 Å². The molecule has 1 rings (SSSR count). The van der Waals surface area contributed by atoms with Crippen LogP contribution < -0.4 is 4.74 Å². The van der Waals surface area contributed by atoms with Gasteiger partial charge in [0, 0.05) is 7.11 Å². The molecule has 0 saturated carbocycles. The number of hydrogen-bond donors (Lipinski definition) is 0. The second-order valence-electron chi connectivity index (χ2n) is 3.36. The Morgan fingerprint density at radius 3 is 2.62 bits per heavy atom. The SMILES string of the molecule is COC[C@H](C)OC(=O)COc1ccccc1. The van der Waals surface area contributed by atoms with Crippen LogP contribution in [0.2, 0.25) is 0 Å². The molecule has 1 atom stereocenters. The van der Waals surface area contributed by atoms with Gasteiger partial charge in [0.15, 0.2) is 6.61 Å². The van der Waals surface area contributed by atoms with Gasteiger partial charge in [-0.1, -0.05) is 18.2 Å². The normalized spacial score (nSPS) is 11.9. The number of para-hydroxylation sites is 1. The van der Waals surface area contributed by atoms with Gasteiger partial charge in [-0.05, 0) is 19.1 Å². The molecule has 0 spiro atoms. The van der Waals surface area contributed by atoms with E-state index in [1.165, 1.54) is 0 Å². The van der Waals surface area contributed by atoms with E-state index in [1.54, 1.807) is 26.2 Å². The van der Waals surface area contributed by atoms with Gasteiger partial charge in [0.2, 0.25) is 0 Å². The Labute approximate surface area is 95.1 Å². The lowest BCUT2D eigenvalue weighted by molar-refractivity contribution is -0.152. The molecule has 16 heavy (non-hydrogen) atoms. The number of rotatable bonds is 6. The summed E-state index contributed by atoms with van der Waals surface area (Å²) in [4.78, 5) is 11.3. The van der Waals surface area contributed by atoms with Gasteiger partial charge in [0.1, 0.15) is 11.9 Å². The van der Waals surface area contributed by atoms with Crippen LogP contribution in [-0.4, -0.2) is 32.4 Å². The summed E-state index contributed by atoms with van der Waals surface area (Å²) in [5.74, 6) is 0.257. The van der Waals surface area contributed by atoms with Crippen LogP contribution in [-0.2, 0) is 14.3 Å². The highest BCUT2D eigenvalue weighted by Crippen LogP contribution is 2.08. The fourth-order valence-corrected chi connectivity index (χ4v) is 1.19. The van der Waals surface area contributed by atoms with Crippen molar-refractivity contribution in [3.8, 4) is 5.75 Å². The van der Waals surface area contributed by atoms with Crippen molar-refractivity contribution in [2.45, 2.75) is 13.0 Å². The van der Waals surface area contributed by atoms with Crippen molar-refractivity contribution in [3.63, 3.8) is 0 Å². The average Bonchev–Trinajstić information content (AvgIpc) is 2.28.